The topological polar surface area (TPSA) is 41.1 Å². The molecule has 2 N–H and O–H groups in total. The Morgan fingerprint density at radius 3 is 2.73 bits per heavy atom. The van der Waals surface area contributed by atoms with Gasteiger partial charge in [-0.2, -0.15) is 0 Å². The summed E-state index contributed by atoms with van der Waals surface area (Å²) in [6, 6.07) is 0.0369. The van der Waals surface area contributed by atoms with Crippen LogP contribution in [0, 0.1) is 0 Å². The first kappa shape index (κ1) is 12.5. The number of hydrogen-bond donors (Lipinski definition) is 2. The van der Waals surface area contributed by atoms with Gasteiger partial charge in [-0.1, -0.05) is 19.8 Å². The van der Waals surface area contributed by atoms with Gasteiger partial charge < -0.3 is 10.6 Å². The Bertz CT molecular complexity index is 208. The van der Waals surface area contributed by atoms with Crippen LogP contribution in [0.15, 0.2) is 0 Å². The van der Waals surface area contributed by atoms with E-state index in [9.17, 15) is 4.79 Å². The molecule has 1 amide bonds. The summed E-state index contributed by atoms with van der Waals surface area (Å²) in [5.74, 6) is 0.174. The van der Waals surface area contributed by atoms with Gasteiger partial charge in [0.2, 0.25) is 5.91 Å². The molecule has 0 aromatic heterocycles. The lowest BCUT2D eigenvalue weighted by molar-refractivity contribution is -0.125. The quantitative estimate of drug-likeness (QED) is 0.746. The van der Waals surface area contributed by atoms with Crippen molar-refractivity contribution in [2.45, 2.75) is 64.5 Å². The molecule has 0 aromatic carbocycles. The average Bonchev–Trinajstić information content (AvgIpc) is 2.18. The molecule has 0 saturated carbocycles. The molecule has 1 aliphatic heterocycles. The molecule has 1 atom stereocenters. The highest BCUT2D eigenvalue weighted by Gasteiger charge is 2.25. The van der Waals surface area contributed by atoms with E-state index in [1.165, 1.54) is 12.8 Å². The third-order valence-electron chi connectivity index (χ3n) is 2.96. The van der Waals surface area contributed by atoms with Gasteiger partial charge in [0.1, 0.15) is 0 Å². The SMILES string of the molecule is CCCC(C)(C)NC(=O)[C@H]1CCCCN1. The highest BCUT2D eigenvalue weighted by atomic mass is 16.2. The first-order valence-electron chi connectivity index (χ1n) is 6.10. The Kier molecular flexibility index (Phi) is 4.58. The average molecular weight is 212 g/mol. The molecular formula is C12H24N2O. The van der Waals surface area contributed by atoms with Gasteiger partial charge >= 0.3 is 0 Å². The molecule has 0 radical (unpaired) electrons. The number of nitrogens with one attached hydrogen (secondary N) is 2. The van der Waals surface area contributed by atoms with Crippen molar-refractivity contribution < 1.29 is 4.79 Å². The van der Waals surface area contributed by atoms with E-state index in [0.29, 0.717) is 0 Å². The zero-order valence-corrected chi connectivity index (χ0v) is 10.2. The fourth-order valence-electron chi connectivity index (χ4n) is 2.18. The minimum atomic E-state index is -0.0645. The Morgan fingerprint density at radius 2 is 2.20 bits per heavy atom. The zero-order valence-electron chi connectivity index (χ0n) is 10.2. The number of rotatable bonds is 4. The summed E-state index contributed by atoms with van der Waals surface area (Å²) >= 11 is 0. The summed E-state index contributed by atoms with van der Waals surface area (Å²) in [6.45, 7) is 7.31. The molecule has 1 heterocycles. The molecule has 1 fully saturated rings. The van der Waals surface area contributed by atoms with Crippen LogP contribution in [0.2, 0.25) is 0 Å². The molecule has 1 rings (SSSR count). The van der Waals surface area contributed by atoms with Crippen LogP contribution < -0.4 is 10.6 Å². The molecule has 0 bridgehead atoms. The minimum Gasteiger partial charge on any atom is -0.350 e. The third-order valence-corrected chi connectivity index (χ3v) is 2.96. The van der Waals surface area contributed by atoms with E-state index in [1.807, 2.05) is 0 Å². The van der Waals surface area contributed by atoms with E-state index >= 15 is 0 Å². The monoisotopic (exact) mass is 212 g/mol. The van der Waals surface area contributed by atoms with Gasteiger partial charge in [0.15, 0.2) is 0 Å². The van der Waals surface area contributed by atoms with Gasteiger partial charge in [-0.15, -0.1) is 0 Å². The van der Waals surface area contributed by atoms with Crippen molar-refractivity contribution in [3.8, 4) is 0 Å². The Morgan fingerprint density at radius 1 is 1.47 bits per heavy atom. The van der Waals surface area contributed by atoms with E-state index in [1.54, 1.807) is 0 Å². The fraction of sp³-hybridized carbons (Fsp3) is 0.917. The smallest absolute Gasteiger partial charge is 0.237 e. The molecule has 1 saturated heterocycles. The summed E-state index contributed by atoms with van der Waals surface area (Å²) in [6.07, 6.45) is 5.48. The maximum Gasteiger partial charge on any atom is 0.237 e. The second-order valence-corrected chi connectivity index (χ2v) is 5.13. The summed E-state index contributed by atoms with van der Waals surface area (Å²) in [7, 11) is 0. The first-order chi connectivity index (χ1) is 7.05. The standard InChI is InChI=1S/C12H24N2O/c1-4-8-12(2,3)14-11(15)10-7-5-6-9-13-10/h10,13H,4-9H2,1-3H3,(H,14,15)/t10-/m1/s1. The Balaban J connectivity index is 2.39. The third kappa shape index (κ3) is 4.20. The minimum absolute atomic E-state index is 0.0369. The van der Waals surface area contributed by atoms with Gasteiger partial charge in [-0.3, -0.25) is 4.79 Å². The number of piperidine rings is 1. The van der Waals surface area contributed by atoms with Gasteiger partial charge in [0.05, 0.1) is 6.04 Å². The largest absolute Gasteiger partial charge is 0.350 e. The van der Waals surface area contributed by atoms with Crippen LogP contribution in [0.3, 0.4) is 0 Å². The maximum absolute atomic E-state index is 11.9. The lowest BCUT2D eigenvalue weighted by atomic mass is 9.97. The van der Waals surface area contributed by atoms with Crippen molar-refractivity contribution in [2.24, 2.45) is 0 Å². The maximum atomic E-state index is 11.9. The van der Waals surface area contributed by atoms with Crippen LogP contribution in [-0.4, -0.2) is 24.0 Å². The van der Waals surface area contributed by atoms with Crippen LogP contribution >= 0.6 is 0 Å². The van der Waals surface area contributed by atoms with Crippen LogP contribution in [0.25, 0.3) is 0 Å². The second-order valence-electron chi connectivity index (χ2n) is 5.13. The van der Waals surface area contributed by atoms with Crippen molar-refractivity contribution in [3.63, 3.8) is 0 Å². The highest BCUT2D eigenvalue weighted by Crippen LogP contribution is 2.13. The second kappa shape index (κ2) is 5.50. The van der Waals surface area contributed by atoms with Gasteiger partial charge in [-0.25, -0.2) is 0 Å². The number of carbonyl (C=O) groups is 1. The van der Waals surface area contributed by atoms with E-state index < -0.39 is 0 Å². The normalized spacial score (nSPS) is 22.5. The van der Waals surface area contributed by atoms with Crippen molar-refractivity contribution in [1.82, 2.24) is 10.6 Å². The molecule has 1 aliphatic rings. The van der Waals surface area contributed by atoms with E-state index in [4.69, 9.17) is 0 Å². The molecular weight excluding hydrogens is 188 g/mol. The van der Waals surface area contributed by atoms with Crippen molar-refractivity contribution in [1.29, 1.82) is 0 Å². The van der Waals surface area contributed by atoms with Crippen LogP contribution in [0.1, 0.15) is 52.9 Å². The van der Waals surface area contributed by atoms with Crippen molar-refractivity contribution in [3.05, 3.63) is 0 Å². The lowest BCUT2D eigenvalue weighted by Crippen LogP contribution is -2.53. The van der Waals surface area contributed by atoms with Crippen molar-refractivity contribution >= 4 is 5.91 Å². The zero-order chi connectivity index (χ0) is 11.3. The predicted octanol–water partition coefficient (Wildman–Crippen LogP) is 1.82. The molecule has 15 heavy (non-hydrogen) atoms. The molecule has 0 unspecified atom stereocenters. The number of hydrogen-bond acceptors (Lipinski definition) is 2. The summed E-state index contributed by atoms with van der Waals surface area (Å²) in [5.41, 5.74) is -0.0645. The van der Waals surface area contributed by atoms with E-state index in [2.05, 4.69) is 31.4 Å². The van der Waals surface area contributed by atoms with Crippen LogP contribution in [0.4, 0.5) is 0 Å². The fourth-order valence-corrected chi connectivity index (χ4v) is 2.18. The van der Waals surface area contributed by atoms with Gasteiger partial charge in [-0.05, 0) is 39.7 Å². The molecule has 3 nitrogen and oxygen atoms in total. The van der Waals surface area contributed by atoms with Crippen LogP contribution in [-0.2, 0) is 4.79 Å². The van der Waals surface area contributed by atoms with Crippen molar-refractivity contribution in [2.75, 3.05) is 6.54 Å². The summed E-state index contributed by atoms with van der Waals surface area (Å²) in [4.78, 5) is 11.9. The summed E-state index contributed by atoms with van der Waals surface area (Å²) in [5, 5.41) is 6.40. The van der Waals surface area contributed by atoms with Gasteiger partial charge in [0, 0.05) is 5.54 Å². The predicted molar refractivity (Wildman–Crippen MR) is 62.8 cm³/mol. The summed E-state index contributed by atoms with van der Waals surface area (Å²) < 4.78 is 0. The van der Waals surface area contributed by atoms with E-state index in [-0.39, 0.29) is 17.5 Å². The molecule has 0 aliphatic carbocycles. The molecule has 3 heteroatoms. The van der Waals surface area contributed by atoms with Crippen LogP contribution in [0.5, 0.6) is 0 Å². The number of carbonyl (C=O) groups excluding carboxylic acids is 1. The highest BCUT2D eigenvalue weighted by molar-refractivity contribution is 5.82. The molecule has 0 aromatic rings. The first-order valence-corrected chi connectivity index (χ1v) is 6.10. The molecule has 88 valence electrons. The Hall–Kier alpha value is -0.570. The Labute approximate surface area is 93.0 Å². The number of amides is 1. The molecule has 0 spiro atoms. The van der Waals surface area contributed by atoms with Gasteiger partial charge in [0.25, 0.3) is 0 Å². The lowest BCUT2D eigenvalue weighted by Gasteiger charge is -2.30. The van der Waals surface area contributed by atoms with E-state index in [0.717, 1.165) is 25.8 Å².